The zero-order chi connectivity index (χ0) is 28.6. The number of nitrogens with zero attached hydrogens (tertiary/aromatic N) is 5. The molecule has 38 heavy (non-hydrogen) atoms. The van der Waals surface area contributed by atoms with E-state index in [1.165, 1.54) is 31.1 Å². The summed E-state index contributed by atoms with van der Waals surface area (Å²) in [6, 6.07) is 4.15. The van der Waals surface area contributed by atoms with Crippen molar-refractivity contribution in [1.29, 1.82) is 0 Å². The number of benzene rings is 2. The summed E-state index contributed by atoms with van der Waals surface area (Å²) in [6.45, 7) is 0.406. The Kier molecular flexibility index (Phi) is 9.98. The lowest BCUT2D eigenvalue weighted by Crippen LogP contribution is -2.36. The lowest BCUT2D eigenvalue weighted by Gasteiger charge is -2.25. The molecule has 0 bridgehead atoms. The number of methoxy groups -OCH3 is 3. The molecular weight excluding hydrogens is 532 g/mol. The van der Waals surface area contributed by atoms with Crippen molar-refractivity contribution < 1.29 is 38.4 Å². The molecule has 0 saturated carbocycles. The number of nitrogens with one attached hydrogen (secondary N) is 1. The van der Waals surface area contributed by atoms with E-state index in [-0.39, 0.29) is 22.8 Å². The first-order valence-corrected chi connectivity index (χ1v) is 10.7. The van der Waals surface area contributed by atoms with Gasteiger partial charge < -0.3 is 24.4 Å². The van der Waals surface area contributed by atoms with Gasteiger partial charge in [0.1, 0.15) is 24.5 Å². The van der Waals surface area contributed by atoms with E-state index in [2.05, 4.69) is 25.0 Å². The number of anilines is 2. The number of halogens is 1. The fourth-order valence-electron chi connectivity index (χ4n) is 3.03. The van der Waals surface area contributed by atoms with Gasteiger partial charge in [-0.05, 0) is 6.07 Å². The highest BCUT2D eigenvalue weighted by Gasteiger charge is 2.25. The number of ether oxygens (including phenoxy) is 3. The van der Waals surface area contributed by atoms with Crippen LogP contribution in [0.2, 0.25) is 5.02 Å². The second-order valence-electron chi connectivity index (χ2n) is 7.24. The standard InChI is InChI=1S/C21H21ClN6O10/c1-11(29)23-14-7-16(26(9-19(30)37-3)10-20(31)38-4)18(36-2)8-15(14)24-25-21-13(22)5-12(27(32)33)6-17(21)28(34)35/h5-8H,9-10H2,1-4H3,(H,23,29)/b25-24+. The molecule has 1 N–H and O–H groups in total. The molecule has 0 aliphatic rings. The van der Waals surface area contributed by atoms with Gasteiger partial charge in [-0.25, -0.2) is 0 Å². The van der Waals surface area contributed by atoms with Crippen molar-refractivity contribution in [2.45, 2.75) is 6.92 Å². The zero-order valence-electron chi connectivity index (χ0n) is 20.4. The highest BCUT2D eigenvalue weighted by Crippen LogP contribution is 2.42. The number of carbonyl (C=O) groups is 3. The van der Waals surface area contributed by atoms with Crippen molar-refractivity contribution in [1.82, 2.24) is 0 Å². The normalized spacial score (nSPS) is 10.6. The van der Waals surface area contributed by atoms with Gasteiger partial charge in [-0.2, -0.15) is 0 Å². The van der Waals surface area contributed by atoms with Crippen LogP contribution in [0.15, 0.2) is 34.5 Å². The van der Waals surface area contributed by atoms with Crippen molar-refractivity contribution in [2.75, 3.05) is 44.6 Å². The van der Waals surface area contributed by atoms with Crippen LogP contribution >= 0.6 is 11.6 Å². The fourth-order valence-corrected chi connectivity index (χ4v) is 3.27. The van der Waals surface area contributed by atoms with Gasteiger partial charge in [0.05, 0.1) is 53.6 Å². The molecule has 17 heteroatoms. The van der Waals surface area contributed by atoms with Crippen LogP contribution in [0.1, 0.15) is 6.92 Å². The molecule has 0 aliphatic carbocycles. The van der Waals surface area contributed by atoms with E-state index in [0.717, 1.165) is 20.3 Å². The molecule has 0 fully saturated rings. The van der Waals surface area contributed by atoms with Crippen LogP contribution < -0.4 is 15.0 Å². The predicted molar refractivity (Wildman–Crippen MR) is 132 cm³/mol. The number of nitro groups is 2. The predicted octanol–water partition coefficient (Wildman–Crippen LogP) is 3.69. The summed E-state index contributed by atoms with van der Waals surface area (Å²) in [7, 11) is 3.60. The Hall–Kier alpha value is -4.86. The molecular formula is C21H21ClN6O10. The van der Waals surface area contributed by atoms with Gasteiger partial charge in [0, 0.05) is 19.1 Å². The maximum atomic E-state index is 12.0. The molecule has 202 valence electrons. The third-order valence-electron chi connectivity index (χ3n) is 4.74. The Morgan fingerprint density at radius 2 is 1.58 bits per heavy atom. The minimum Gasteiger partial charge on any atom is -0.494 e. The molecule has 16 nitrogen and oxygen atoms in total. The van der Waals surface area contributed by atoms with Crippen LogP contribution in [0, 0.1) is 20.2 Å². The fraction of sp³-hybridized carbons (Fsp3) is 0.286. The number of hydrogen-bond donors (Lipinski definition) is 1. The van der Waals surface area contributed by atoms with E-state index >= 15 is 0 Å². The van der Waals surface area contributed by atoms with Gasteiger partial charge in [0.2, 0.25) is 5.91 Å². The number of esters is 2. The number of azo groups is 1. The second-order valence-corrected chi connectivity index (χ2v) is 7.65. The lowest BCUT2D eigenvalue weighted by molar-refractivity contribution is -0.393. The Bertz CT molecular complexity index is 1300. The van der Waals surface area contributed by atoms with Gasteiger partial charge in [-0.3, -0.25) is 34.6 Å². The van der Waals surface area contributed by atoms with E-state index < -0.39 is 62.9 Å². The number of hydrogen-bond acceptors (Lipinski definition) is 13. The van der Waals surface area contributed by atoms with Crippen molar-refractivity contribution in [3.05, 3.63) is 49.5 Å². The highest BCUT2D eigenvalue weighted by atomic mass is 35.5. The molecule has 2 aromatic carbocycles. The van der Waals surface area contributed by atoms with Crippen LogP contribution in [-0.4, -0.2) is 62.1 Å². The van der Waals surface area contributed by atoms with Crippen LogP contribution in [0.3, 0.4) is 0 Å². The molecule has 0 saturated heterocycles. The van der Waals surface area contributed by atoms with E-state index in [9.17, 15) is 34.6 Å². The van der Waals surface area contributed by atoms with Gasteiger partial charge in [-0.15, -0.1) is 10.2 Å². The average molecular weight is 553 g/mol. The summed E-state index contributed by atoms with van der Waals surface area (Å²) in [5.41, 5.74) is -1.78. The summed E-state index contributed by atoms with van der Waals surface area (Å²) in [6.07, 6.45) is 0. The van der Waals surface area contributed by atoms with E-state index in [1.807, 2.05) is 0 Å². The highest BCUT2D eigenvalue weighted by molar-refractivity contribution is 6.33. The molecule has 0 heterocycles. The smallest absolute Gasteiger partial charge is 0.325 e. The molecule has 2 aromatic rings. The summed E-state index contributed by atoms with van der Waals surface area (Å²) in [5.74, 6) is -1.86. The molecule has 0 aliphatic heterocycles. The Morgan fingerprint density at radius 1 is 0.974 bits per heavy atom. The van der Waals surface area contributed by atoms with Gasteiger partial charge in [-0.1, -0.05) is 11.6 Å². The van der Waals surface area contributed by atoms with Gasteiger partial charge >= 0.3 is 17.6 Å². The Labute approximate surface area is 219 Å². The number of amides is 1. The van der Waals surface area contributed by atoms with Crippen LogP contribution in [0.4, 0.5) is 34.1 Å². The largest absolute Gasteiger partial charge is 0.494 e. The van der Waals surface area contributed by atoms with E-state index in [1.54, 1.807) is 0 Å². The molecule has 0 radical (unpaired) electrons. The Balaban J connectivity index is 2.70. The van der Waals surface area contributed by atoms with Gasteiger partial charge in [0.25, 0.3) is 5.69 Å². The average Bonchev–Trinajstić information content (AvgIpc) is 2.86. The van der Waals surface area contributed by atoms with Gasteiger partial charge in [0.15, 0.2) is 5.69 Å². The van der Waals surface area contributed by atoms with Crippen LogP contribution in [0.25, 0.3) is 0 Å². The molecule has 0 spiro atoms. The first-order valence-electron chi connectivity index (χ1n) is 10.3. The summed E-state index contributed by atoms with van der Waals surface area (Å²) < 4.78 is 14.7. The number of carbonyl (C=O) groups excluding carboxylic acids is 3. The first-order chi connectivity index (χ1) is 17.9. The van der Waals surface area contributed by atoms with E-state index in [4.69, 9.17) is 16.3 Å². The molecule has 0 unspecified atom stereocenters. The van der Waals surface area contributed by atoms with Crippen molar-refractivity contribution >= 4 is 63.6 Å². The molecule has 0 atom stereocenters. The monoisotopic (exact) mass is 552 g/mol. The van der Waals surface area contributed by atoms with Crippen molar-refractivity contribution in [3.8, 4) is 5.75 Å². The second kappa shape index (κ2) is 12.9. The molecule has 2 rings (SSSR count). The quantitative estimate of drug-likeness (QED) is 0.184. The topological polar surface area (TPSA) is 205 Å². The lowest BCUT2D eigenvalue weighted by atomic mass is 10.2. The number of non-ortho nitro benzene ring substituents is 1. The third-order valence-corrected chi connectivity index (χ3v) is 5.03. The maximum Gasteiger partial charge on any atom is 0.325 e. The van der Waals surface area contributed by atoms with Crippen LogP contribution in [0.5, 0.6) is 5.75 Å². The molecule has 1 amide bonds. The first kappa shape index (κ1) is 29.4. The Morgan fingerprint density at radius 3 is 2.05 bits per heavy atom. The SMILES string of the molecule is COC(=O)CN(CC(=O)OC)c1cc(NC(C)=O)c(/N=N/c2c(Cl)cc([N+](=O)[O-])cc2[N+](=O)[O-])cc1OC. The molecule has 0 aromatic heterocycles. The van der Waals surface area contributed by atoms with E-state index in [0.29, 0.717) is 6.07 Å². The van der Waals surface area contributed by atoms with Crippen molar-refractivity contribution in [2.24, 2.45) is 10.2 Å². The number of nitro benzene ring substituents is 2. The third kappa shape index (κ3) is 7.33. The maximum absolute atomic E-state index is 12.0. The number of rotatable bonds is 11. The summed E-state index contributed by atoms with van der Waals surface area (Å²) in [4.78, 5) is 57.8. The summed E-state index contributed by atoms with van der Waals surface area (Å²) >= 11 is 6.01. The minimum absolute atomic E-state index is 0.0115. The summed E-state index contributed by atoms with van der Waals surface area (Å²) in [5, 5.41) is 32.4. The zero-order valence-corrected chi connectivity index (χ0v) is 21.2. The van der Waals surface area contributed by atoms with Crippen LogP contribution in [-0.2, 0) is 23.9 Å². The van der Waals surface area contributed by atoms with Crippen molar-refractivity contribution in [3.63, 3.8) is 0 Å². The minimum atomic E-state index is -0.914.